The van der Waals surface area contributed by atoms with Gasteiger partial charge < -0.3 is 4.90 Å². The van der Waals surface area contributed by atoms with Crippen molar-refractivity contribution in [1.29, 1.82) is 0 Å². The summed E-state index contributed by atoms with van der Waals surface area (Å²) in [4.78, 5) is 15.6. The lowest BCUT2D eigenvalue weighted by Crippen LogP contribution is -2.27. The SMILES string of the molecule is Cc1ccccc1SCc1ccc(C(=O)N2CCCC2)cc1. The largest absolute Gasteiger partial charge is 0.339 e. The zero-order chi connectivity index (χ0) is 15.4. The highest BCUT2D eigenvalue weighted by atomic mass is 32.2. The lowest BCUT2D eigenvalue weighted by atomic mass is 10.1. The predicted octanol–water partition coefficient (Wildman–Crippen LogP) is 4.52. The molecule has 1 aliphatic heterocycles. The van der Waals surface area contributed by atoms with Crippen molar-refractivity contribution in [3.8, 4) is 0 Å². The molecule has 2 aromatic carbocycles. The van der Waals surface area contributed by atoms with Crippen LogP contribution in [0.25, 0.3) is 0 Å². The van der Waals surface area contributed by atoms with E-state index in [1.165, 1.54) is 16.0 Å². The molecule has 1 saturated heterocycles. The van der Waals surface area contributed by atoms with Gasteiger partial charge in [-0.3, -0.25) is 4.79 Å². The third-order valence-electron chi connectivity index (χ3n) is 4.08. The fraction of sp³-hybridized carbons (Fsp3) is 0.316. The fourth-order valence-electron chi connectivity index (χ4n) is 2.73. The van der Waals surface area contributed by atoms with E-state index in [9.17, 15) is 4.79 Å². The number of benzene rings is 2. The summed E-state index contributed by atoms with van der Waals surface area (Å²) >= 11 is 1.84. The van der Waals surface area contributed by atoms with Gasteiger partial charge in [0, 0.05) is 29.3 Å². The molecule has 3 rings (SSSR count). The first-order chi connectivity index (χ1) is 10.7. The van der Waals surface area contributed by atoms with Gasteiger partial charge in [0.1, 0.15) is 0 Å². The van der Waals surface area contributed by atoms with Crippen LogP contribution in [0.1, 0.15) is 34.3 Å². The summed E-state index contributed by atoms with van der Waals surface area (Å²) in [7, 11) is 0. The molecule has 1 aliphatic rings. The maximum absolute atomic E-state index is 12.3. The van der Waals surface area contributed by atoms with E-state index < -0.39 is 0 Å². The minimum atomic E-state index is 0.176. The molecule has 0 aliphatic carbocycles. The van der Waals surface area contributed by atoms with Gasteiger partial charge in [-0.2, -0.15) is 0 Å². The molecule has 0 atom stereocenters. The van der Waals surface area contributed by atoms with Crippen LogP contribution in [0.5, 0.6) is 0 Å². The summed E-state index contributed by atoms with van der Waals surface area (Å²) in [6, 6.07) is 16.5. The van der Waals surface area contributed by atoms with Crippen LogP contribution in [-0.4, -0.2) is 23.9 Å². The van der Waals surface area contributed by atoms with Gasteiger partial charge in [0.15, 0.2) is 0 Å². The highest BCUT2D eigenvalue weighted by Gasteiger charge is 2.19. The molecule has 0 N–H and O–H groups in total. The second-order valence-corrected chi connectivity index (χ2v) is 6.77. The van der Waals surface area contributed by atoms with Gasteiger partial charge >= 0.3 is 0 Å². The van der Waals surface area contributed by atoms with Gasteiger partial charge in [0.2, 0.25) is 0 Å². The number of rotatable bonds is 4. The number of amides is 1. The monoisotopic (exact) mass is 311 g/mol. The van der Waals surface area contributed by atoms with Crippen molar-refractivity contribution in [2.75, 3.05) is 13.1 Å². The van der Waals surface area contributed by atoms with Gasteiger partial charge in [-0.25, -0.2) is 0 Å². The molecule has 2 nitrogen and oxygen atoms in total. The predicted molar refractivity (Wildman–Crippen MR) is 92.3 cm³/mol. The van der Waals surface area contributed by atoms with E-state index in [-0.39, 0.29) is 5.91 Å². The van der Waals surface area contributed by atoms with Crippen LogP contribution >= 0.6 is 11.8 Å². The first kappa shape index (κ1) is 15.2. The van der Waals surface area contributed by atoms with Crippen LogP contribution in [-0.2, 0) is 5.75 Å². The van der Waals surface area contributed by atoms with E-state index in [2.05, 4.69) is 43.3 Å². The van der Waals surface area contributed by atoms with Gasteiger partial charge in [-0.15, -0.1) is 11.8 Å². The summed E-state index contributed by atoms with van der Waals surface area (Å²) in [5, 5.41) is 0. The quantitative estimate of drug-likeness (QED) is 0.774. The summed E-state index contributed by atoms with van der Waals surface area (Å²) < 4.78 is 0. The molecule has 114 valence electrons. The Morgan fingerprint density at radius 1 is 1.05 bits per heavy atom. The Balaban J connectivity index is 1.62. The molecule has 22 heavy (non-hydrogen) atoms. The number of aryl methyl sites for hydroxylation is 1. The Kier molecular flexibility index (Phi) is 4.84. The van der Waals surface area contributed by atoms with Crippen LogP contribution in [0.3, 0.4) is 0 Å². The molecule has 1 fully saturated rings. The van der Waals surface area contributed by atoms with Gasteiger partial charge in [0.25, 0.3) is 5.91 Å². The van der Waals surface area contributed by atoms with Crippen LogP contribution in [0.2, 0.25) is 0 Å². The molecule has 0 aromatic heterocycles. The second-order valence-electron chi connectivity index (χ2n) is 5.75. The highest BCUT2D eigenvalue weighted by molar-refractivity contribution is 7.98. The summed E-state index contributed by atoms with van der Waals surface area (Å²) in [6.07, 6.45) is 2.27. The van der Waals surface area contributed by atoms with E-state index in [1.54, 1.807) is 0 Å². The van der Waals surface area contributed by atoms with Crippen molar-refractivity contribution in [2.45, 2.75) is 30.4 Å². The first-order valence-electron chi connectivity index (χ1n) is 7.81. The summed E-state index contributed by atoms with van der Waals surface area (Å²) in [5.74, 6) is 1.11. The van der Waals surface area contributed by atoms with Crippen molar-refractivity contribution < 1.29 is 4.79 Å². The van der Waals surface area contributed by atoms with Crippen LogP contribution in [0.4, 0.5) is 0 Å². The van der Waals surface area contributed by atoms with Gasteiger partial charge in [-0.1, -0.05) is 30.3 Å². The highest BCUT2D eigenvalue weighted by Crippen LogP contribution is 2.26. The molecule has 0 saturated carbocycles. The summed E-state index contributed by atoms with van der Waals surface area (Å²) in [5.41, 5.74) is 3.38. The van der Waals surface area contributed by atoms with Crippen molar-refractivity contribution in [3.63, 3.8) is 0 Å². The number of nitrogens with zero attached hydrogens (tertiary/aromatic N) is 1. The van der Waals surface area contributed by atoms with Crippen LogP contribution < -0.4 is 0 Å². The molecule has 0 bridgehead atoms. The lowest BCUT2D eigenvalue weighted by molar-refractivity contribution is 0.0793. The first-order valence-corrected chi connectivity index (χ1v) is 8.79. The molecule has 0 radical (unpaired) electrons. The smallest absolute Gasteiger partial charge is 0.253 e. The minimum Gasteiger partial charge on any atom is -0.339 e. The van der Waals surface area contributed by atoms with E-state index >= 15 is 0 Å². The maximum Gasteiger partial charge on any atom is 0.253 e. The van der Waals surface area contributed by atoms with E-state index in [0.717, 1.165) is 37.2 Å². The van der Waals surface area contributed by atoms with Crippen LogP contribution in [0, 0.1) is 6.92 Å². The molecule has 1 heterocycles. The minimum absolute atomic E-state index is 0.176. The molecule has 0 unspecified atom stereocenters. The zero-order valence-corrected chi connectivity index (χ0v) is 13.7. The number of hydrogen-bond donors (Lipinski definition) is 0. The normalized spacial score (nSPS) is 14.3. The molecular weight excluding hydrogens is 290 g/mol. The Hall–Kier alpha value is -1.74. The third kappa shape index (κ3) is 3.53. The Morgan fingerprint density at radius 3 is 2.41 bits per heavy atom. The molecule has 1 amide bonds. The standard InChI is InChI=1S/C19H21NOS/c1-15-6-2-3-7-18(15)22-14-16-8-10-17(11-9-16)19(21)20-12-4-5-13-20/h2-3,6-11H,4-5,12-14H2,1H3. The average molecular weight is 311 g/mol. The summed E-state index contributed by atoms with van der Waals surface area (Å²) in [6.45, 7) is 3.95. The van der Waals surface area contributed by atoms with Crippen molar-refractivity contribution in [2.24, 2.45) is 0 Å². The van der Waals surface area contributed by atoms with Crippen molar-refractivity contribution in [3.05, 3.63) is 65.2 Å². The van der Waals surface area contributed by atoms with E-state index in [0.29, 0.717) is 0 Å². The number of hydrogen-bond acceptors (Lipinski definition) is 2. The van der Waals surface area contributed by atoms with Crippen molar-refractivity contribution >= 4 is 17.7 Å². The second kappa shape index (κ2) is 7.01. The average Bonchev–Trinajstić information content (AvgIpc) is 3.08. The Labute approximate surface area is 136 Å². The Bertz CT molecular complexity index is 645. The number of carbonyl (C=O) groups is 1. The molecular formula is C19H21NOS. The molecule has 3 heteroatoms. The molecule has 2 aromatic rings. The third-order valence-corrected chi connectivity index (χ3v) is 5.33. The van der Waals surface area contributed by atoms with Gasteiger partial charge in [0.05, 0.1) is 0 Å². The van der Waals surface area contributed by atoms with E-state index in [1.807, 2.05) is 28.8 Å². The number of likely N-dealkylation sites (tertiary alicyclic amines) is 1. The number of thioether (sulfide) groups is 1. The van der Waals surface area contributed by atoms with Crippen LogP contribution in [0.15, 0.2) is 53.4 Å². The lowest BCUT2D eigenvalue weighted by Gasteiger charge is -2.15. The zero-order valence-electron chi connectivity index (χ0n) is 12.9. The van der Waals surface area contributed by atoms with Gasteiger partial charge in [-0.05, 0) is 49.1 Å². The fourth-order valence-corrected chi connectivity index (χ4v) is 3.71. The van der Waals surface area contributed by atoms with Crippen molar-refractivity contribution in [1.82, 2.24) is 4.90 Å². The Morgan fingerprint density at radius 2 is 1.73 bits per heavy atom. The van der Waals surface area contributed by atoms with E-state index in [4.69, 9.17) is 0 Å². The number of carbonyl (C=O) groups excluding carboxylic acids is 1. The molecule has 0 spiro atoms. The topological polar surface area (TPSA) is 20.3 Å². The maximum atomic E-state index is 12.3.